The SMILES string of the molecule is CC(C)CC1=C(Cl)NCN=C1Cl. The third-order valence-electron chi connectivity index (χ3n) is 1.58. The van der Waals surface area contributed by atoms with E-state index >= 15 is 0 Å². The van der Waals surface area contributed by atoms with E-state index in [1.807, 2.05) is 0 Å². The maximum absolute atomic E-state index is 5.92. The molecule has 0 aromatic rings. The van der Waals surface area contributed by atoms with Crippen molar-refractivity contribution in [1.82, 2.24) is 5.32 Å². The lowest BCUT2D eigenvalue weighted by atomic mass is 10.0. The van der Waals surface area contributed by atoms with Crippen molar-refractivity contribution in [2.75, 3.05) is 6.67 Å². The second kappa shape index (κ2) is 4.15. The number of aliphatic imine (C=N–C) groups is 1. The second-order valence-corrected chi connectivity index (χ2v) is 3.91. The van der Waals surface area contributed by atoms with Gasteiger partial charge in [-0.1, -0.05) is 37.0 Å². The second-order valence-electron chi connectivity index (χ2n) is 3.17. The summed E-state index contributed by atoms with van der Waals surface area (Å²) in [5, 5.41) is 4.13. The van der Waals surface area contributed by atoms with Crippen LogP contribution in [0.25, 0.3) is 0 Å². The molecule has 0 saturated carbocycles. The lowest BCUT2D eigenvalue weighted by molar-refractivity contribution is 0.645. The summed E-state index contributed by atoms with van der Waals surface area (Å²) in [4.78, 5) is 4.04. The molecule has 0 bridgehead atoms. The molecule has 4 heteroatoms. The Bertz CT molecular complexity index is 231. The highest BCUT2D eigenvalue weighted by atomic mass is 35.5. The summed E-state index contributed by atoms with van der Waals surface area (Å²) >= 11 is 11.8. The number of nitrogens with one attached hydrogen (secondary N) is 1. The fraction of sp³-hybridized carbons (Fsp3) is 0.625. The molecule has 1 heterocycles. The van der Waals surface area contributed by atoms with Crippen molar-refractivity contribution in [2.24, 2.45) is 10.9 Å². The first-order valence-corrected chi connectivity index (χ1v) is 4.69. The van der Waals surface area contributed by atoms with Crippen LogP contribution < -0.4 is 5.32 Å². The largest absolute Gasteiger partial charge is 0.357 e. The maximum atomic E-state index is 5.92. The lowest BCUT2D eigenvalue weighted by Crippen LogP contribution is -2.20. The first-order chi connectivity index (χ1) is 5.61. The van der Waals surface area contributed by atoms with Crippen molar-refractivity contribution in [3.8, 4) is 0 Å². The molecule has 0 radical (unpaired) electrons. The summed E-state index contributed by atoms with van der Waals surface area (Å²) in [6.07, 6.45) is 0.869. The molecular weight excluding hydrogens is 195 g/mol. The van der Waals surface area contributed by atoms with E-state index < -0.39 is 0 Å². The molecule has 0 spiro atoms. The van der Waals surface area contributed by atoms with Crippen LogP contribution in [0.1, 0.15) is 20.3 Å². The molecule has 12 heavy (non-hydrogen) atoms. The Kier molecular flexibility index (Phi) is 3.41. The maximum Gasteiger partial charge on any atom is 0.131 e. The fourth-order valence-electron chi connectivity index (χ4n) is 1.05. The topological polar surface area (TPSA) is 24.4 Å². The Morgan fingerprint density at radius 2 is 2.17 bits per heavy atom. The van der Waals surface area contributed by atoms with Gasteiger partial charge in [0.05, 0.1) is 0 Å². The molecular formula is C8H12Cl2N2. The van der Waals surface area contributed by atoms with E-state index in [2.05, 4.69) is 24.2 Å². The van der Waals surface area contributed by atoms with Crippen LogP contribution in [-0.2, 0) is 0 Å². The standard InChI is InChI=1S/C8H12Cl2N2/c1-5(2)3-6-7(9)11-4-12-8(6)10/h5,11H,3-4H2,1-2H3. The van der Waals surface area contributed by atoms with Gasteiger partial charge in [-0.3, -0.25) is 4.99 Å². The minimum absolute atomic E-state index is 0.485. The molecule has 0 aliphatic carbocycles. The molecule has 0 aromatic carbocycles. The van der Waals surface area contributed by atoms with Gasteiger partial charge in [-0.05, 0) is 12.3 Å². The van der Waals surface area contributed by atoms with Gasteiger partial charge in [0.25, 0.3) is 0 Å². The number of rotatable bonds is 2. The quantitative estimate of drug-likeness (QED) is 0.691. The summed E-state index contributed by atoms with van der Waals surface area (Å²) in [6.45, 7) is 4.73. The smallest absolute Gasteiger partial charge is 0.131 e. The van der Waals surface area contributed by atoms with E-state index in [1.54, 1.807) is 0 Å². The number of nitrogens with zero attached hydrogens (tertiary/aromatic N) is 1. The van der Waals surface area contributed by atoms with Crippen molar-refractivity contribution in [3.05, 3.63) is 10.7 Å². The van der Waals surface area contributed by atoms with Crippen LogP contribution in [0.15, 0.2) is 15.7 Å². The molecule has 1 rings (SSSR count). The Hall–Kier alpha value is -0.210. The zero-order chi connectivity index (χ0) is 9.14. The molecule has 0 fully saturated rings. The first-order valence-electron chi connectivity index (χ1n) is 3.94. The van der Waals surface area contributed by atoms with Crippen molar-refractivity contribution in [2.45, 2.75) is 20.3 Å². The monoisotopic (exact) mass is 206 g/mol. The Morgan fingerprint density at radius 1 is 1.50 bits per heavy atom. The zero-order valence-electron chi connectivity index (χ0n) is 7.19. The summed E-state index contributed by atoms with van der Waals surface area (Å²) in [5.74, 6) is 0.539. The summed E-state index contributed by atoms with van der Waals surface area (Å²) in [5.41, 5.74) is 0.930. The normalized spacial score (nSPS) is 17.9. The average molecular weight is 207 g/mol. The van der Waals surface area contributed by atoms with Gasteiger partial charge in [-0.2, -0.15) is 0 Å². The van der Waals surface area contributed by atoms with Crippen molar-refractivity contribution in [3.63, 3.8) is 0 Å². The summed E-state index contributed by atoms with van der Waals surface area (Å²) in [7, 11) is 0. The van der Waals surface area contributed by atoms with Crippen LogP contribution in [0.5, 0.6) is 0 Å². The predicted octanol–water partition coefficient (Wildman–Crippen LogP) is 2.68. The van der Waals surface area contributed by atoms with Crippen LogP contribution in [0, 0.1) is 5.92 Å². The van der Waals surface area contributed by atoms with Crippen molar-refractivity contribution in [1.29, 1.82) is 0 Å². The Balaban J connectivity index is 2.76. The van der Waals surface area contributed by atoms with Gasteiger partial charge in [0.1, 0.15) is 17.0 Å². The van der Waals surface area contributed by atoms with Crippen LogP contribution in [-0.4, -0.2) is 11.8 Å². The fourth-order valence-corrected chi connectivity index (χ4v) is 1.56. The van der Waals surface area contributed by atoms with E-state index in [0.717, 1.165) is 12.0 Å². The van der Waals surface area contributed by atoms with Gasteiger partial charge >= 0.3 is 0 Å². The Labute approximate surface area is 82.7 Å². The minimum Gasteiger partial charge on any atom is -0.357 e. The molecule has 0 atom stereocenters. The summed E-state index contributed by atoms with van der Waals surface area (Å²) in [6, 6.07) is 0. The van der Waals surface area contributed by atoms with Gasteiger partial charge in [-0.15, -0.1) is 0 Å². The number of hydrogen-bond acceptors (Lipinski definition) is 2. The molecule has 2 nitrogen and oxygen atoms in total. The number of hydrogen-bond donors (Lipinski definition) is 1. The third kappa shape index (κ3) is 2.39. The van der Waals surface area contributed by atoms with E-state index in [-0.39, 0.29) is 0 Å². The highest BCUT2D eigenvalue weighted by Crippen LogP contribution is 2.21. The molecule has 0 saturated heterocycles. The molecule has 0 aromatic heterocycles. The zero-order valence-corrected chi connectivity index (χ0v) is 8.71. The Morgan fingerprint density at radius 3 is 2.67 bits per heavy atom. The molecule has 68 valence electrons. The van der Waals surface area contributed by atoms with Gasteiger partial charge in [-0.25, -0.2) is 0 Å². The number of halogens is 2. The predicted molar refractivity (Wildman–Crippen MR) is 53.6 cm³/mol. The highest BCUT2D eigenvalue weighted by Gasteiger charge is 2.14. The molecule has 0 amide bonds. The van der Waals surface area contributed by atoms with Gasteiger partial charge in [0, 0.05) is 5.57 Å². The van der Waals surface area contributed by atoms with Gasteiger partial charge in [0.15, 0.2) is 0 Å². The number of allylic oxidation sites excluding steroid dienone is 1. The molecule has 1 aliphatic rings. The average Bonchev–Trinajstić information content (AvgIpc) is 1.97. The van der Waals surface area contributed by atoms with Crippen LogP contribution >= 0.6 is 23.2 Å². The van der Waals surface area contributed by atoms with E-state index in [4.69, 9.17) is 23.2 Å². The van der Waals surface area contributed by atoms with Crippen LogP contribution in [0.2, 0.25) is 0 Å². The van der Waals surface area contributed by atoms with Gasteiger partial charge < -0.3 is 5.32 Å². The molecule has 0 unspecified atom stereocenters. The molecule has 1 aliphatic heterocycles. The van der Waals surface area contributed by atoms with E-state index in [9.17, 15) is 0 Å². The van der Waals surface area contributed by atoms with Gasteiger partial charge in [0.2, 0.25) is 0 Å². The lowest BCUT2D eigenvalue weighted by Gasteiger charge is -2.16. The first kappa shape index (κ1) is 9.87. The molecule has 1 N–H and O–H groups in total. The summed E-state index contributed by atoms with van der Waals surface area (Å²) < 4.78 is 0. The van der Waals surface area contributed by atoms with Crippen molar-refractivity contribution < 1.29 is 0 Å². The third-order valence-corrected chi connectivity index (χ3v) is 2.29. The van der Waals surface area contributed by atoms with E-state index in [0.29, 0.717) is 22.9 Å². The van der Waals surface area contributed by atoms with E-state index in [1.165, 1.54) is 0 Å². The van der Waals surface area contributed by atoms with Crippen LogP contribution in [0.3, 0.4) is 0 Å². The minimum atomic E-state index is 0.485. The highest BCUT2D eigenvalue weighted by molar-refractivity contribution is 6.70. The van der Waals surface area contributed by atoms with Crippen molar-refractivity contribution >= 4 is 28.4 Å². The van der Waals surface area contributed by atoms with Crippen LogP contribution in [0.4, 0.5) is 0 Å².